The third-order valence-electron chi connectivity index (χ3n) is 5.11. The fourth-order valence-electron chi connectivity index (χ4n) is 3.86. The summed E-state index contributed by atoms with van der Waals surface area (Å²) in [6.45, 7) is 5.10. The first-order valence-corrected chi connectivity index (χ1v) is 9.53. The quantitative estimate of drug-likeness (QED) is 0.852. The molecule has 0 aliphatic carbocycles. The Balaban J connectivity index is 1.40. The van der Waals surface area contributed by atoms with Crippen molar-refractivity contribution in [3.05, 3.63) is 36.2 Å². The lowest BCUT2D eigenvalue weighted by molar-refractivity contribution is 0.208. The van der Waals surface area contributed by atoms with Crippen LogP contribution in [-0.4, -0.2) is 52.1 Å². The molecule has 0 radical (unpaired) electrons. The van der Waals surface area contributed by atoms with Crippen molar-refractivity contribution in [2.24, 2.45) is 0 Å². The molecule has 0 amide bonds. The van der Waals surface area contributed by atoms with Crippen LogP contribution in [0, 0.1) is 0 Å². The smallest absolute Gasteiger partial charge is 0.229 e. The van der Waals surface area contributed by atoms with E-state index in [1.807, 2.05) is 24.5 Å². The Labute approximate surface area is 154 Å². The van der Waals surface area contributed by atoms with E-state index in [4.69, 9.17) is 10.7 Å². The van der Waals surface area contributed by atoms with Crippen molar-refractivity contribution in [1.82, 2.24) is 19.9 Å². The molecule has 4 heterocycles. The molecule has 2 saturated heterocycles. The predicted molar refractivity (Wildman–Crippen MR) is 104 cm³/mol. The molecule has 4 rings (SSSR count). The average Bonchev–Trinajstić information content (AvgIpc) is 3.17. The highest BCUT2D eigenvalue weighted by atomic mass is 15.3. The summed E-state index contributed by atoms with van der Waals surface area (Å²) < 4.78 is 0. The maximum atomic E-state index is 6.03. The van der Waals surface area contributed by atoms with Crippen LogP contribution in [-0.2, 0) is 6.54 Å². The largest absolute Gasteiger partial charge is 0.383 e. The van der Waals surface area contributed by atoms with Gasteiger partial charge in [0.15, 0.2) is 0 Å². The second-order valence-electron chi connectivity index (χ2n) is 7.25. The number of nitrogens with two attached hydrogens (primary N) is 1. The standard InChI is InChI=1S/C19H27N7/c20-17-11-18(24-19(23-17)26-9-1-2-10-26)22-16-6-4-8-25(14-16)13-15-5-3-7-21-12-15/h3,5,7,11-12,16H,1-2,4,6,8-10,13-14H2,(H3,20,22,23,24). The highest BCUT2D eigenvalue weighted by molar-refractivity contribution is 5.51. The van der Waals surface area contributed by atoms with Crippen molar-refractivity contribution < 1.29 is 0 Å². The third-order valence-corrected chi connectivity index (χ3v) is 5.11. The van der Waals surface area contributed by atoms with Gasteiger partial charge < -0.3 is 16.0 Å². The Morgan fingerprint density at radius 1 is 1.15 bits per heavy atom. The summed E-state index contributed by atoms with van der Waals surface area (Å²) >= 11 is 0. The number of likely N-dealkylation sites (tertiary alicyclic amines) is 1. The monoisotopic (exact) mass is 353 g/mol. The van der Waals surface area contributed by atoms with Crippen molar-refractivity contribution in [2.75, 3.05) is 42.1 Å². The van der Waals surface area contributed by atoms with Gasteiger partial charge in [0.25, 0.3) is 0 Å². The lowest BCUT2D eigenvalue weighted by atomic mass is 10.1. The molecule has 7 heteroatoms. The molecule has 2 aromatic heterocycles. The zero-order valence-corrected chi connectivity index (χ0v) is 15.1. The summed E-state index contributed by atoms with van der Waals surface area (Å²) in [7, 11) is 0. The molecule has 7 nitrogen and oxygen atoms in total. The van der Waals surface area contributed by atoms with Gasteiger partial charge in [-0.3, -0.25) is 9.88 Å². The molecule has 26 heavy (non-hydrogen) atoms. The number of rotatable bonds is 5. The first-order chi connectivity index (χ1) is 12.8. The molecule has 2 aliphatic heterocycles. The molecule has 0 bridgehead atoms. The topological polar surface area (TPSA) is 83.2 Å². The number of nitrogens with one attached hydrogen (secondary N) is 1. The lowest BCUT2D eigenvalue weighted by Gasteiger charge is -2.33. The van der Waals surface area contributed by atoms with Crippen LogP contribution in [0.4, 0.5) is 17.6 Å². The summed E-state index contributed by atoms with van der Waals surface area (Å²) in [5.74, 6) is 2.13. The van der Waals surface area contributed by atoms with Gasteiger partial charge >= 0.3 is 0 Å². The molecule has 138 valence electrons. The van der Waals surface area contributed by atoms with Crippen LogP contribution in [0.3, 0.4) is 0 Å². The van der Waals surface area contributed by atoms with Crippen molar-refractivity contribution in [3.8, 4) is 0 Å². The molecule has 2 aromatic rings. The van der Waals surface area contributed by atoms with Crippen molar-refractivity contribution in [2.45, 2.75) is 38.3 Å². The van der Waals surface area contributed by atoms with Crippen molar-refractivity contribution >= 4 is 17.6 Å². The number of hydrogen-bond donors (Lipinski definition) is 2. The fraction of sp³-hybridized carbons (Fsp3) is 0.526. The maximum Gasteiger partial charge on any atom is 0.229 e. The van der Waals surface area contributed by atoms with E-state index < -0.39 is 0 Å². The van der Waals surface area contributed by atoms with Gasteiger partial charge in [-0.1, -0.05) is 6.07 Å². The minimum Gasteiger partial charge on any atom is -0.383 e. The number of piperidine rings is 1. The van der Waals surface area contributed by atoms with Crippen LogP contribution in [0.2, 0.25) is 0 Å². The normalized spacial score (nSPS) is 21.1. The molecule has 2 aliphatic rings. The van der Waals surface area contributed by atoms with Gasteiger partial charge in [-0.2, -0.15) is 9.97 Å². The summed E-state index contributed by atoms with van der Waals surface area (Å²) in [5.41, 5.74) is 7.29. The Kier molecular flexibility index (Phi) is 5.15. The van der Waals surface area contributed by atoms with Gasteiger partial charge in [0.05, 0.1) is 0 Å². The molecule has 0 saturated carbocycles. The first kappa shape index (κ1) is 17.0. The first-order valence-electron chi connectivity index (χ1n) is 9.53. The molecule has 2 fully saturated rings. The highest BCUT2D eigenvalue weighted by Gasteiger charge is 2.21. The molecule has 0 aromatic carbocycles. The van der Waals surface area contributed by atoms with Crippen LogP contribution in [0.25, 0.3) is 0 Å². The van der Waals surface area contributed by atoms with Gasteiger partial charge in [-0.15, -0.1) is 0 Å². The number of aromatic nitrogens is 3. The predicted octanol–water partition coefficient (Wildman–Crippen LogP) is 2.13. The van der Waals surface area contributed by atoms with Gasteiger partial charge in [-0.25, -0.2) is 0 Å². The number of nitrogen functional groups attached to an aromatic ring is 1. The minimum atomic E-state index is 0.376. The summed E-state index contributed by atoms with van der Waals surface area (Å²) in [6.07, 6.45) is 8.50. The molecule has 3 N–H and O–H groups in total. The Hall–Kier alpha value is -2.41. The van der Waals surface area contributed by atoms with Crippen LogP contribution < -0.4 is 16.0 Å². The summed E-state index contributed by atoms with van der Waals surface area (Å²) in [6, 6.07) is 6.36. The van der Waals surface area contributed by atoms with E-state index in [1.165, 1.54) is 24.8 Å². The fourth-order valence-corrected chi connectivity index (χ4v) is 3.86. The number of hydrogen-bond acceptors (Lipinski definition) is 7. The lowest BCUT2D eigenvalue weighted by Crippen LogP contribution is -2.41. The number of pyridine rings is 1. The second-order valence-corrected chi connectivity index (χ2v) is 7.25. The number of nitrogens with zero attached hydrogens (tertiary/aromatic N) is 5. The van der Waals surface area contributed by atoms with E-state index in [0.29, 0.717) is 11.9 Å². The van der Waals surface area contributed by atoms with Gasteiger partial charge in [0.1, 0.15) is 11.6 Å². The Morgan fingerprint density at radius 2 is 2.04 bits per heavy atom. The molecule has 0 spiro atoms. The third kappa shape index (κ3) is 4.22. The van der Waals surface area contributed by atoms with Crippen molar-refractivity contribution in [3.63, 3.8) is 0 Å². The number of anilines is 3. The summed E-state index contributed by atoms with van der Waals surface area (Å²) in [4.78, 5) is 18.0. The maximum absolute atomic E-state index is 6.03. The minimum absolute atomic E-state index is 0.376. The van der Waals surface area contributed by atoms with E-state index in [-0.39, 0.29) is 0 Å². The van der Waals surface area contributed by atoms with Crippen LogP contribution in [0.15, 0.2) is 30.6 Å². The van der Waals surface area contributed by atoms with Crippen LogP contribution >= 0.6 is 0 Å². The van der Waals surface area contributed by atoms with Gasteiger partial charge in [0, 0.05) is 50.7 Å². The van der Waals surface area contributed by atoms with Crippen LogP contribution in [0.1, 0.15) is 31.2 Å². The van der Waals surface area contributed by atoms with Crippen molar-refractivity contribution in [1.29, 1.82) is 0 Å². The zero-order chi connectivity index (χ0) is 17.8. The highest BCUT2D eigenvalue weighted by Crippen LogP contribution is 2.22. The van der Waals surface area contributed by atoms with Crippen LogP contribution in [0.5, 0.6) is 0 Å². The van der Waals surface area contributed by atoms with E-state index in [9.17, 15) is 0 Å². The van der Waals surface area contributed by atoms with E-state index >= 15 is 0 Å². The van der Waals surface area contributed by atoms with Gasteiger partial charge in [0.2, 0.25) is 5.95 Å². The van der Waals surface area contributed by atoms with E-state index in [0.717, 1.165) is 50.9 Å². The average molecular weight is 353 g/mol. The molecular formula is C19H27N7. The zero-order valence-electron chi connectivity index (χ0n) is 15.1. The van der Waals surface area contributed by atoms with E-state index in [2.05, 4.69) is 31.2 Å². The Bertz CT molecular complexity index is 715. The Morgan fingerprint density at radius 3 is 2.85 bits per heavy atom. The van der Waals surface area contributed by atoms with Gasteiger partial charge in [-0.05, 0) is 43.9 Å². The molecule has 1 atom stereocenters. The SMILES string of the molecule is Nc1cc(NC2CCCN(Cc3cccnc3)C2)nc(N2CCCC2)n1. The second kappa shape index (κ2) is 7.86. The molecular weight excluding hydrogens is 326 g/mol. The summed E-state index contributed by atoms with van der Waals surface area (Å²) in [5, 5.41) is 3.59. The van der Waals surface area contributed by atoms with E-state index in [1.54, 1.807) is 0 Å². The molecule has 1 unspecified atom stereocenters.